The number of nitrogens with zero attached hydrogens (tertiary/aromatic N) is 2. The molecule has 14 heteroatoms. The van der Waals surface area contributed by atoms with Gasteiger partial charge >= 0.3 is 12.0 Å². The highest BCUT2D eigenvalue weighted by Gasteiger charge is 2.41. The van der Waals surface area contributed by atoms with Crippen molar-refractivity contribution < 1.29 is 40.0 Å². The van der Waals surface area contributed by atoms with Gasteiger partial charge in [0.2, 0.25) is 4.90 Å². The summed E-state index contributed by atoms with van der Waals surface area (Å²) in [6.45, 7) is 0. The highest BCUT2D eigenvalue weighted by molar-refractivity contribution is 8.14. The lowest BCUT2D eigenvalue weighted by Crippen LogP contribution is -2.21. The Morgan fingerprint density at radius 3 is 2.24 bits per heavy atom. The second-order valence-electron chi connectivity index (χ2n) is 3.23. The van der Waals surface area contributed by atoms with E-state index in [0.29, 0.717) is 0 Å². The van der Waals surface area contributed by atoms with Crippen molar-refractivity contribution in [2.24, 2.45) is 0 Å². The topological polar surface area (TPSA) is 99.4 Å². The van der Waals surface area contributed by atoms with Crippen LogP contribution < -0.4 is 4.74 Å². The number of hydrogen-bond donors (Lipinski definition) is 0. The normalized spacial score (nSPS) is 12.5. The Labute approximate surface area is 116 Å². The van der Waals surface area contributed by atoms with Crippen LogP contribution in [0, 0.1) is 10.1 Å². The van der Waals surface area contributed by atoms with Crippen LogP contribution in [0.1, 0.15) is 12.1 Å². The number of alkyl halides is 5. The predicted octanol–water partition coefficient (Wildman–Crippen LogP) is 2.75. The van der Waals surface area contributed by atoms with Crippen molar-refractivity contribution in [1.82, 2.24) is 4.98 Å². The molecule has 0 aliphatic heterocycles. The van der Waals surface area contributed by atoms with Crippen LogP contribution in [0.4, 0.5) is 27.6 Å². The minimum Gasteiger partial charge on any atom is -0.402 e. The zero-order valence-electron chi connectivity index (χ0n) is 9.27. The standard InChI is InChI=1S/C7H2ClF5N2O5S/c8-21(18,19)5-2(15(16)17)1-14-3(6(9)10)4(5)20-7(11,12)13/h1,6H. The van der Waals surface area contributed by atoms with E-state index in [2.05, 4.69) is 9.72 Å². The lowest BCUT2D eigenvalue weighted by Gasteiger charge is -2.14. The SMILES string of the molecule is O=[N+]([O-])c1cnc(C(F)F)c(OC(F)(F)F)c1S(=O)(=O)Cl. The number of ether oxygens (including phenoxy) is 1. The third kappa shape index (κ3) is 4.10. The fourth-order valence-corrected chi connectivity index (χ4v) is 2.41. The summed E-state index contributed by atoms with van der Waals surface area (Å²) in [4.78, 5) is 10.00. The summed E-state index contributed by atoms with van der Waals surface area (Å²) in [5.74, 6) is -2.04. The van der Waals surface area contributed by atoms with Crippen LogP contribution in [0.3, 0.4) is 0 Å². The van der Waals surface area contributed by atoms with Gasteiger partial charge in [-0.2, -0.15) is 0 Å². The van der Waals surface area contributed by atoms with E-state index in [1.807, 2.05) is 0 Å². The molecule has 0 amide bonds. The summed E-state index contributed by atoms with van der Waals surface area (Å²) >= 11 is 0. The van der Waals surface area contributed by atoms with Gasteiger partial charge in [-0.3, -0.25) is 10.1 Å². The molecule has 118 valence electrons. The van der Waals surface area contributed by atoms with E-state index in [1.54, 1.807) is 0 Å². The maximum Gasteiger partial charge on any atom is 0.573 e. The average molecular weight is 357 g/mol. The zero-order chi connectivity index (χ0) is 16.6. The fraction of sp³-hybridized carbons (Fsp3) is 0.286. The van der Waals surface area contributed by atoms with E-state index in [1.165, 1.54) is 0 Å². The number of aromatic nitrogens is 1. The molecule has 0 spiro atoms. The minimum absolute atomic E-state index is 0.0417. The Bertz CT molecular complexity index is 677. The molecule has 0 saturated heterocycles. The molecule has 0 bridgehead atoms. The maximum absolute atomic E-state index is 12.6. The van der Waals surface area contributed by atoms with E-state index >= 15 is 0 Å². The molecular weight excluding hydrogens is 355 g/mol. The number of hydrogen-bond acceptors (Lipinski definition) is 6. The number of rotatable bonds is 4. The van der Waals surface area contributed by atoms with Crippen molar-refractivity contribution in [1.29, 1.82) is 0 Å². The van der Waals surface area contributed by atoms with Crippen LogP contribution in [0.15, 0.2) is 11.1 Å². The Balaban J connectivity index is 3.82. The van der Waals surface area contributed by atoms with Gasteiger partial charge in [0, 0.05) is 10.7 Å². The molecule has 1 heterocycles. The molecule has 0 radical (unpaired) electrons. The lowest BCUT2D eigenvalue weighted by atomic mass is 10.3. The number of nitro groups is 1. The summed E-state index contributed by atoms with van der Waals surface area (Å²) in [6, 6.07) is 0. The molecule has 0 aliphatic carbocycles. The molecule has 0 aliphatic rings. The summed E-state index contributed by atoms with van der Waals surface area (Å²) in [5, 5.41) is 10.6. The highest BCUT2D eigenvalue weighted by Crippen LogP contribution is 2.42. The average Bonchev–Trinajstić information content (AvgIpc) is 2.23. The zero-order valence-corrected chi connectivity index (χ0v) is 10.8. The second-order valence-corrected chi connectivity index (χ2v) is 5.73. The van der Waals surface area contributed by atoms with Crippen molar-refractivity contribution in [3.05, 3.63) is 22.0 Å². The molecule has 1 rings (SSSR count). The molecule has 0 atom stereocenters. The first kappa shape index (κ1) is 17.3. The van der Waals surface area contributed by atoms with Gasteiger partial charge in [0.1, 0.15) is 6.20 Å². The summed E-state index contributed by atoms with van der Waals surface area (Å²) < 4.78 is 87.2. The third-order valence-electron chi connectivity index (χ3n) is 1.86. The molecule has 0 fully saturated rings. The predicted molar refractivity (Wildman–Crippen MR) is 55.6 cm³/mol. The van der Waals surface area contributed by atoms with Gasteiger partial charge in [-0.25, -0.2) is 22.2 Å². The smallest absolute Gasteiger partial charge is 0.402 e. The maximum atomic E-state index is 12.6. The van der Waals surface area contributed by atoms with Crippen LogP contribution >= 0.6 is 10.7 Å². The van der Waals surface area contributed by atoms with E-state index in [4.69, 9.17) is 10.7 Å². The monoisotopic (exact) mass is 356 g/mol. The largest absolute Gasteiger partial charge is 0.573 e. The summed E-state index contributed by atoms with van der Waals surface area (Å²) in [7, 11) is -0.439. The first-order chi connectivity index (χ1) is 9.34. The van der Waals surface area contributed by atoms with Crippen LogP contribution in [-0.4, -0.2) is 24.7 Å². The van der Waals surface area contributed by atoms with E-state index in [-0.39, 0.29) is 6.20 Å². The van der Waals surface area contributed by atoms with E-state index < -0.39 is 48.8 Å². The number of pyridine rings is 1. The molecule has 0 saturated carbocycles. The van der Waals surface area contributed by atoms with E-state index in [9.17, 15) is 40.5 Å². The number of halogens is 6. The Hall–Kier alpha value is -1.76. The summed E-state index contributed by atoms with van der Waals surface area (Å²) in [6.07, 6.45) is -9.25. The van der Waals surface area contributed by atoms with Crippen LogP contribution in [0.5, 0.6) is 5.75 Å². The first-order valence-electron chi connectivity index (χ1n) is 4.50. The van der Waals surface area contributed by atoms with Gasteiger partial charge in [-0.15, -0.1) is 13.2 Å². The van der Waals surface area contributed by atoms with Crippen LogP contribution in [-0.2, 0) is 9.05 Å². The van der Waals surface area contributed by atoms with Gasteiger partial charge in [-0.05, 0) is 0 Å². The molecule has 7 nitrogen and oxygen atoms in total. The van der Waals surface area contributed by atoms with Crippen LogP contribution in [0.2, 0.25) is 0 Å². The molecule has 0 N–H and O–H groups in total. The van der Waals surface area contributed by atoms with Gasteiger partial charge in [0.15, 0.2) is 11.4 Å². The van der Waals surface area contributed by atoms with E-state index in [0.717, 1.165) is 0 Å². The fourth-order valence-electron chi connectivity index (χ4n) is 1.22. The van der Waals surface area contributed by atoms with Crippen molar-refractivity contribution in [2.75, 3.05) is 0 Å². The third-order valence-corrected chi connectivity index (χ3v) is 3.21. The molecular formula is C7H2ClF5N2O5S. The molecule has 1 aromatic rings. The van der Waals surface area contributed by atoms with Crippen molar-refractivity contribution >= 4 is 25.4 Å². The molecule has 21 heavy (non-hydrogen) atoms. The molecule has 0 aromatic carbocycles. The quantitative estimate of drug-likeness (QED) is 0.356. The summed E-state index contributed by atoms with van der Waals surface area (Å²) in [5.41, 5.74) is -3.29. The Kier molecular flexibility index (Phi) is 4.57. The van der Waals surface area contributed by atoms with Gasteiger partial charge < -0.3 is 4.74 Å². The first-order valence-corrected chi connectivity index (χ1v) is 6.81. The second kappa shape index (κ2) is 5.55. The van der Waals surface area contributed by atoms with Crippen LogP contribution in [0.25, 0.3) is 0 Å². The van der Waals surface area contributed by atoms with Crippen molar-refractivity contribution in [3.8, 4) is 5.75 Å². The lowest BCUT2D eigenvalue weighted by molar-refractivity contribution is -0.388. The van der Waals surface area contributed by atoms with Gasteiger partial charge in [0.05, 0.1) is 4.92 Å². The molecule has 1 aromatic heterocycles. The minimum atomic E-state index is -5.60. The van der Waals surface area contributed by atoms with Crippen molar-refractivity contribution in [3.63, 3.8) is 0 Å². The Morgan fingerprint density at radius 2 is 1.90 bits per heavy atom. The Morgan fingerprint density at radius 1 is 1.38 bits per heavy atom. The molecule has 0 unspecified atom stereocenters. The van der Waals surface area contributed by atoms with Gasteiger partial charge in [0.25, 0.3) is 15.5 Å². The highest BCUT2D eigenvalue weighted by atomic mass is 35.7. The van der Waals surface area contributed by atoms with Gasteiger partial charge in [-0.1, -0.05) is 0 Å². The van der Waals surface area contributed by atoms with Crippen molar-refractivity contribution in [2.45, 2.75) is 17.7 Å².